The highest BCUT2D eigenvalue weighted by molar-refractivity contribution is 9.10. The first-order valence-corrected chi connectivity index (χ1v) is 5.85. The topological polar surface area (TPSA) is 28.2 Å². The Kier molecular flexibility index (Phi) is 5.22. The van der Waals surface area contributed by atoms with E-state index in [9.17, 15) is 0 Å². The number of hydrogen-bond donors (Lipinski definition) is 1. The predicted octanol–water partition coefficient (Wildman–Crippen LogP) is 1.88. The highest BCUT2D eigenvalue weighted by atomic mass is 79.9. The zero-order valence-electron chi connectivity index (χ0n) is 9.50. The van der Waals surface area contributed by atoms with E-state index < -0.39 is 0 Å². The number of rotatable bonds is 5. The van der Waals surface area contributed by atoms with Crippen molar-refractivity contribution in [1.82, 2.24) is 15.2 Å². The van der Waals surface area contributed by atoms with Crippen LogP contribution in [-0.4, -0.2) is 36.6 Å². The van der Waals surface area contributed by atoms with Gasteiger partial charge in [0.25, 0.3) is 0 Å². The van der Waals surface area contributed by atoms with Gasteiger partial charge in [-0.05, 0) is 48.6 Å². The van der Waals surface area contributed by atoms with Gasteiger partial charge in [0.15, 0.2) is 0 Å². The Balaban J connectivity index is 2.32. The molecule has 1 aromatic heterocycles. The van der Waals surface area contributed by atoms with Crippen molar-refractivity contribution in [2.75, 3.05) is 20.6 Å². The lowest BCUT2D eigenvalue weighted by Gasteiger charge is -2.19. The summed E-state index contributed by atoms with van der Waals surface area (Å²) < 4.78 is 1.03. The van der Waals surface area contributed by atoms with E-state index in [0.717, 1.165) is 17.6 Å². The molecule has 1 heterocycles. The molecule has 15 heavy (non-hydrogen) atoms. The van der Waals surface area contributed by atoms with E-state index in [2.05, 4.69) is 58.2 Å². The summed E-state index contributed by atoms with van der Waals surface area (Å²) in [5.41, 5.74) is 1.20. The van der Waals surface area contributed by atoms with Gasteiger partial charge in [-0.3, -0.25) is 4.98 Å². The Morgan fingerprint density at radius 2 is 2.20 bits per heavy atom. The highest BCUT2D eigenvalue weighted by Crippen LogP contribution is 2.09. The van der Waals surface area contributed by atoms with Crippen LogP contribution in [0.1, 0.15) is 12.5 Å². The molecular weight excluding hydrogens is 254 g/mol. The van der Waals surface area contributed by atoms with Gasteiger partial charge in [-0.25, -0.2) is 0 Å². The second kappa shape index (κ2) is 6.20. The number of nitrogens with zero attached hydrogens (tertiary/aromatic N) is 2. The van der Waals surface area contributed by atoms with Crippen LogP contribution in [0.3, 0.4) is 0 Å². The summed E-state index contributed by atoms with van der Waals surface area (Å²) in [6, 6.07) is 2.63. The van der Waals surface area contributed by atoms with Crippen LogP contribution < -0.4 is 5.32 Å². The van der Waals surface area contributed by atoms with Crippen LogP contribution in [0.5, 0.6) is 0 Å². The Bertz CT molecular complexity index is 302. The SMILES string of the molecule is CC(CNCc1cncc(Br)c1)N(C)C. The molecule has 3 nitrogen and oxygen atoms in total. The van der Waals surface area contributed by atoms with Crippen molar-refractivity contribution in [2.45, 2.75) is 19.5 Å². The van der Waals surface area contributed by atoms with Crippen LogP contribution in [0.2, 0.25) is 0 Å². The van der Waals surface area contributed by atoms with E-state index in [-0.39, 0.29) is 0 Å². The average molecular weight is 272 g/mol. The number of pyridine rings is 1. The summed E-state index contributed by atoms with van der Waals surface area (Å²) in [5, 5.41) is 3.41. The normalized spacial score (nSPS) is 13.1. The highest BCUT2D eigenvalue weighted by Gasteiger charge is 2.03. The van der Waals surface area contributed by atoms with Crippen LogP contribution in [-0.2, 0) is 6.54 Å². The summed E-state index contributed by atoms with van der Waals surface area (Å²) >= 11 is 3.41. The van der Waals surface area contributed by atoms with Crippen molar-refractivity contribution in [3.8, 4) is 0 Å². The van der Waals surface area contributed by atoms with Crippen molar-refractivity contribution in [2.24, 2.45) is 0 Å². The zero-order valence-corrected chi connectivity index (χ0v) is 11.1. The fraction of sp³-hybridized carbons (Fsp3) is 0.545. The smallest absolute Gasteiger partial charge is 0.0410 e. The van der Waals surface area contributed by atoms with Gasteiger partial charge in [0.05, 0.1) is 0 Å². The molecule has 0 aromatic carbocycles. The maximum atomic E-state index is 4.12. The lowest BCUT2D eigenvalue weighted by molar-refractivity contribution is 0.302. The number of halogens is 1. The Morgan fingerprint density at radius 3 is 2.80 bits per heavy atom. The molecule has 0 fully saturated rings. The third kappa shape index (κ3) is 4.73. The van der Waals surface area contributed by atoms with Gasteiger partial charge in [0.1, 0.15) is 0 Å². The monoisotopic (exact) mass is 271 g/mol. The summed E-state index contributed by atoms with van der Waals surface area (Å²) in [5.74, 6) is 0. The van der Waals surface area contributed by atoms with Crippen molar-refractivity contribution < 1.29 is 0 Å². The number of aromatic nitrogens is 1. The number of hydrogen-bond acceptors (Lipinski definition) is 3. The van der Waals surface area contributed by atoms with E-state index in [1.807, 2.05) is 6.20 Å². The van der Waals surface area contributed by atoms with Gasteiger partial charge in [-0.1, -0.05) is 0 Å². The van der Waals surface area contributed by atoms with Gasteiger partial charge in [0.2, 0.25) is 0 Å². The molecule has 0 spiro atoms. The third-order valence-corrected chi connectivity index (χ3v) is 2.85. The Hall–Kier alpha value is -0.450. The first-order valence-electron chi connectivity index (χ1n) is 5.06. The van der Waals surface area contributed by atoms with Crippen LogP contribution in [0.15, 0.2) is 22.9 Å². The fourth-order valence-electron chi connectivity index (χ4n) is 1.16. The van der Waals surface area contributed by atoms with Gasteiger partial charge >= 0.3 is 0 Å². The molecule has 1 unspecified atom stereocenters. The molecular formula is C11H18BrN3. The van der Waals surface area contributed by atoms with E-state index in [0.29, 0.717) is 6.04 Å². The third-order valence-electron chi connectivity index (χ3n) is 2.41. The van der Waals surface area contributed by atoms with Crippen molar-refractivity contribution >= 4 is 15.9 Å². The summed E-state index contributed by atoms with van der Waals surface area (Å²) in [6.07, 6.45) is 3.68. The molecule has 0 bridgehead atoms. The minimum Gasteiger partial charge on any atom is -0.311 e. The molecule has 1 aromatic rings. The quantitative estimate of drug-likeness (QED) is 0.887. The maximum Gasteiger partial charge on any atom is 0.0410 e. The van der Waals surface area contributed by atoms with Crippen LogP contribution in [0, 0.1) is 0 Å². The second-order valence-corrected chi connectivity index (χ2v) is 4.87. The van der Waals surface area contributed by atoms with Gasteiger partial charge in [-0.2, -0.15) is 0 Å². The van der Waals surface area contributed by atoms with Crippen molar-refractivity contribution in [3.63, 3.8) is 0 Å². The Morgan fingerprint density at radius 1 is 1.47 bits per heavy atom. The molecule has 0 saturated heterocycles. The second-order valence-electron chi connectivity index (χ2n) is 3.95. The standard InChI is InChI=1S/C11H18BrN3/c1-9(15(2)3)5-13-6-10-4-11(12)8-14-7-10/h4,7-9,13H,5-6H2,1-3H3. The summed E-state index contributed by atoms with van der Waals surface area (Å²) in [6.45, 7) is 4.05. The van der Waals surface area contributed by atoms with Crippen LogP contribution in [0.4, 0.5) is 0 Å². The molecule has 0 aliphatic carbocycles. The first kappa shape index (κ1) is 12.6. The Labute approximate surface area is 100 Å². The van der Waals surface area contributed by atoms with E-state index in [1.54, 1.807) is 6.20 Å². The lowest BCUT2D eigenvalue weighted by Crippen LogP contribution is -2.35. The molecule has 0 aliphatic heterocycles. The van der Waals surface area contributed by atoms with Crippen molar-refractivity contribution in [1.29, 1.82) is 0 Å². The van der Waals surface area contributed by atoms with Gasteiger partial charge in [0, 0.05) is 36.0 Å². The molecule has 84 valence electrons. The van der Waals surface area contributed by atoms with E-state index >= 15 is 0 Å². The summed E-state index contributed by atoms with van der Waals surface area (Å²) in [4.78, 5) is 6.32. The van der Waals surface area contributed by atoms with Gasteiger partial charge in [-0.15, -0.1) is 0 Å². The molecule has 1 rings (SSSR count). The molecule has 1 N–H and O–H groups in total. The summed E-state index contributed by atoms with van der Waals surface area (Å²) in [7, 11) is 4.18. The van der Waals surface area contributed by atoms with E-state index in [4.69, 9.17) is 0 Å². The van der Waals surface area contributed by atoms with Crippen LogP contribution >= 0.6 is 15.9 Å². The largest absolute Gasteiger partial charge is 0.311 e. The van der Waals surface area contributed by atoms with E-state index in [1.165, 1.54) is 5.56 Å². The predicted molar refractivity (Wildman–Crippen MR) is 66.8 cm³/mol. The fourth-order valence-corrected chi connectivity index (χ4v) is 1.57. The number of nitrogens with one attached hydrogen (secondary N) is 1. The first-order chi connectivity index (χ1) is 7.09. The lowest BCUT2D eigenvalue weighted by atomic mass is 10.2. The average Bonchev–Trinajstić information content (AvgIpc) is 2.17. The molecule has 0 amide bonds. The van der Waals surface area contributed by atoms with Crippen molar-refractivity contribution in [3.05, 3.63) is 28.5 Å². The van der Waals surface area contributed by atoms with Crippen LogP contribution in [0.25, 0.3) is 0 Å². The zero-order chi connectivity index (χ0) is 11.3. The molecule has 0 saturated carbocycles. The number of likely N-dealkylation sites (N-methyl/N-ethyl adjacent to an activating group) is 1. The minimum absolute atomic E-state index is 0.546. The molecule has 1 atom stereocenters. The minimum atomic E-state index is 0.546. The van der Waals surface area contributed by atoms with Gasteiger partial charge < -0.3 is 10.2 Å². The molecule has 4 heteroatoms. The molecule has 0 radical (unpaired) electrons. The molecule has 0 aliphatic rings. The maximum absolute atomic E-state index is 4.12.